The van der Waals surface area contributed by atoms with Gasteiger partial charge in [-0.25, -0.2) is 10.5 Å². The summed E-state index contributed by atoms with van der Waals surface area (Å²) < 4.78 is 0. The van der Waals surface area contributed by atoms with E-state index < -0.39 is 0 Å². The van der Waals surface area contributed by atoms with E-state index in [1.54, 1.807) is 34.8 Å². The second-order valence-electron chi connectivity index (χ2n) is 2.72. The van der Waals surface area contributed by atoms with Crippen LogP contribution < -0.4 is 11.2 Å². The molecule has 0 aliphatic rings. The SMILES string of the molecule is CNOCC(CN)SSc1ccccn1. The molecule has 0 spiro atoms. The van der Waals surface area contributed by atoms with Crippen molar-refractivity contribution < 1.29 is 4.84 Å². The van der Waals surface area contributed by atoms with E-state index in [1.807, 2.05) is 18.2 Å². The summed E-state index contributed by atoms with van der Waals surface area (Å²) in [6.45, 7) is 1.18. The molecule has 1 atom stereocenters. The van der Waals surface area contributed by atoms with Crippen molar-refractivity contribution in [2.75, 3.05) is 20.2 Å². The van der Waals surface area contributed by atoms with Crippen molar-refractivity contribution in [1.82, 2.24) is 10.5 Å². The summed E-state index contributed by atoms with van der Waals surface area (Å²) in [6, 6.07) is 5.85. The molecule has 0 fully saturated rings. The fourth-order valence-electron chi connectivity index (χ4n) is 0.825. The van der Waals surface area contributed by atoms with E-state index in [-0.39, 0.29) is 5.25 Å². The number of pyridine rings is 1. The highest BCUT2D eigenvalue weighted by atomic mass is 33.1. The normalized spacial score (nSPS) is 12.7. The third kappa shape index (κ3) is 5.39. The number of hydrogen-bond donors (Lipinski definition) is 2. The molecule has 1 rings (SSSR count). The largest absolute Gasteiger partial charge is 0.329 e. The van der Waals surface area contributed by atoms with Gasteiger partial charge in [0.2, 0.25) is 0 Å². The van der Waals surface area contributed by atoms with Gasteiger partial charge in [-0.1, -0.05) is 16.9 Å². The van der Waals surface area contributed by atoms with Crippen molar-refractivity contribution in [1.29, 1.82) is 0 Å². The molecule has 3 N–H and O–H groups in total. The van der Waals surface area contributed by atoms with Crippen LogP contribution in [0.2, 0.25) is 0 Å². The Balaban J connectivity index is 2.28. The summed E-state index contributed by atoms with van der Waals surface area (Å²) >= 11 is 0. The van der Waals surface area contributed by atoms with Gasteiger partial charge in [-0.3, -0.25) is 0 Å². The van der Waals surface area contributed by atoms with Crippen LogP contribution in [0.4, 0.5) is 0 Å². The Kier molecular flexibility index (Phi) is 6.78. The maximum atomic E-state index is 5.62. The zero-order valence-corrected chi connectivity index (χ0v) is 10.2. The molecular weight excluding hydrogens is 230 g/mol. The fourth-order valence-corrected chi connectivity index (χ4v) is 2.90. The van der Waals surface area contributed by atoms with Crippen LogP contribution in [0.1, 0.15) is 0 Å². The van der Waals surface area contributed by atoms with Gasteiger partial charge in [-0.2, -0.15) is 0 Å². The molecular formula is C9H15N3OS2. The lowest BCUT2D eigenvalue weighted by molar-refractivity contribution is 0.0602. The van der Waals surface area contributed by atoms with Crippen LogP contribution >= 0.6 is 21.6 Å². The van der Waals surface area contributed by atoms with Crippen LogP contribution in [0.3, 0.4) is 0 Å². The van der Waals surface area contributed by atoms with E-state index in [2.05, 4.69) is 10.5 Å². The molecule has 1 unspecified atom stereocenters. The van der Waals surface area contributed by atoms with Gasteiger partial charge in [0.05, 0.1) is 11.9 Å². The Labute approximate surface area is 97.7 Å². The predicted molar refractivity (Wildman–Crippen MR) is 65.5 cm³/mol. The number of nitrogens with zero attached hydrogens (tertiary/aromatic N) is 1. The Bertz CT molecular complexity index is 261. The molecule has 6 heteroatoms. The van der Waals surface area contributed by atoms with E-state index in [0.717, 1.165) is 5.03 Å². The van der Waals surface area contributed by atoms with Gasteiger partial charge in [0.15, 0.2) is 0 Å². The molecule has 4 nitrogen and oxygen atoms in total. The first-order valence-electron chi connectivity index (χ1n) is 4.59. The Morgan fingerprint density at radius 1 is 1.60 bits per heavy atom. The first-order valence-corrected chi connectivity index (χ1v) is 6.81. The number of rotatable bonds is 7. The average molecular weight is 245 g/mol. The van der Waals surface area contributed by atoms with Gasteiger partial charge in [-0.05, 0) is 22.9 Å². The molecule has 0 bridgehead atoms. The third-order valence-corrected chi connectivity index (χ3v) is 4.31. The molecule has 0 amide bonds. The highest BCUT2D eigenvalue weighted by molar-refractivity contribution is 8.76. The quantitative estimate of drug-likeness (QED) is 0.558. The van der Waals surface area contributed by atoms with E-state index in [0.29, 0.717) is 13.2 Å². The standard InChI is InChI=1S/C9H15N3OS2/c1-11-13-7-8(6-10)14-15-9-4-2-3-5-12-9/h2-5,8,11H,6-7,10H2,1H3. The number of nitrogens with two attached hydrogens (primary N) is 1. The first-order chi connectivity index (χ1) is 7.36. The molecule has 0 aromatic carbocycles. The first kappa shape index (κ1) is 12.8. The monoisotopic (exact) mass is 245 g/mol. The van der Waals surface area contributed by atoms with Gasteiger partial charge >= 0.3 is 0 Å². The van der Waals surface area contributed by atoms with E-state index in [9.17, 15) is 0 Å². The molecule has 1 aromatic rings. The lowest BCUT2D eigenvalue weighted by Gasteiger charge is -2.12. The van der Waals surface area contributed by atoms with E-state index in [1.165, 1.54) is 0 Å². The van der Waals surface area contributed by atoms with Crippen LogP contribution in [0, 0.1) is 0 Å². The lowest BCUT2D eigenvalue weighted by Crippen LogP contribution is -2.24. The summed E-state index contributed by atoms with van der Waals surface area (Å²) in [4.78, 5) is 9.30. The van der Waals surface area contributed by atoms with E-state index in [4.69, 9.17) is 10.6 Å². The zero-order valence-electron chi connectivity index (χ0n) is 8.55. The Morgan fingerprint density at radius 3 is 3.07 bits per heavy atom. The summed E-state index contributed by atoms with van der Waals surface area (Å²) in [6.07, 6.45) is 1.78. The Morgan fingerprint density at radius 2 is 2.47 bits per heavy atom. The van der Waals surface area contributed by atoms with Gasteiger partial charge in [0, 0.05) is 19.8 Å². The van der Waals surface area contributed by atoms with Crippen LogP contribution in [0.5, 0.6) is 0 Å². The molecule has 84 valence electrons. The molecule has 0 aliphatic carbocycles. The van der Waals surface area contributed by atoms with Gasteiger partial charge in [-0.15, -0.1) is 0 Å². The van der Waals surface area contributed by atoms with Crippen molar-refractivity contribution in [2.45, 2.75) is 10.3 Å². The maximum absolute atomic E-state index is 5.62. The van der Waals surface area contributed by atoms with Crippen molar-refractivity contribution >= 4 is 21.6 Å². The highest BCUT2D eigenvalue weighted by Gasteiger charge is 2.08. The lowest BCUT2D eigenvalue weighted by atomic mass is 10.5. The topological polar surface area (TPSA) is 60.2 Å². The van der Waals surface area contributed by atoms with Crippen molar-refractivity contribution in [3.05, 3.63) is 24.4 Å². The minimum atomic E-state index is 0.268. The number of aromatic nitrogens is 1. The second-order valence-corrected chi connectivity index (χ2v) is 5.24. The molecule has 1 aromatic heterocycles. The van der Waals surface area contributed by atoms with Crippen LogP contribution in [-0.4, -0.2) is 30.4 Å². The minimum Gasteiger partial charge on any atom is -0.329 e. The van der Waals surface area contributed by atoms with Crippen molar-refractivity contribution in [3.63, 3.8) is 0 Å². The predicted octanol–water partition coefficient (Wildman–Crippen LogP) is 1.30. The molecule has 1 heterocycles. The summed E-state index contributed by atoms with van der Waals surface area (Å²) in [5.41, 5.74) is 8.25. The van der Waals surface area contributed by atoms with Crippen molar-refractivity contribution in [2.24, 2.45) is 5.73 Å². The van der Waals surface area contributed by atoms with E-state index >= 15 is 0 Å². The highest BCUT2D eigenvalue weighted by Crippen LogP contribution is 2.32. The molecule has 0 aliphatic heterocycles. The fraction of sp³-hybridized carbons (Fsp3) is 0.444. The second kappa shape index (κ2) is 7.95. The smallest absolute Gasteiger partial charge is 0.106 e. The molecule has 0 saturated carbocycles. The van der Waals surface area contributed by atoms with Gasteiger partial charge in [0.1, 0.15) is 5.03 Å². The van der Waals surface area contributed by atoms with Crippen LogP contribution in [-0.2, 0) is 4.84 Å². The maximum Gasteiger partial charge on any atom is 0.106 e. The van der Waals surface area contributed by atoms with Crippen molar-refractivity contribution in [3.8, 4) is 0 Å². The zero-order chi connectivity index (χ0) is 10.9. The summed E-state index contributed by atoms with van der Waals surface area (Å²) in [7, 11) is 5.04. The minimum absolute atomic E-state index is 0.268. The molecule has 0 radical (unpaired) electrons. The number of nitrogens with one attached hydrogen (secondary N) is 1. The molecule has 15 heavy (non-hydrogen) atoms. The van der Waals surface area contributed by atoms with Gasteiger partial charge in [0.25, 0.3) is 0 Å². The number of hydroxylamine groups is 1. The van der Waals surface area contributed by atoms with Gasteiger partial charge < -0.3 is 10.6 Å². The third-order valence-electron chi connectivity index (χ3n) is 1.58. The summed E-state index contributed by atoms with van der Waals surface area (Å²) in [5, 5.41) is 1.26. The number of hydrogen-bond acceptors (Lipinski definition) is 6. The Hall–Kier alpha value is -0.270. The van der Waals surface area contributed by atoms with Crippen LogP contribution in [0.15, 0.2) is 29.4 Å². The molecule has 0 saturated heterocycles. The summed E-state index contributed by atoms with van der Waals surface area (Å²) in [5.74, 6) is 0. The average Bonchev–Trinajstić information content (AvgIpc) is 2.31. The van der Waals surface area contributed by atoms with Crippen LogP contribution in [0.25, 0.3) is 0 Å².